The second-order valence-electron chi connectivity index (χ2n) is 7.80. The Kier molecular flexibility index (Phi) is 6.09. The lowest BCUT2D eigenvalue weighted by Gasteiger charge is -2.30. The van der Waals surface area contributed by atoms with Crippen molar-refractivity contribution >= 4 is 51.3 Å². The van der Waals surface area contributed by atoms with Gasteiger partial charge in [-0.3, -0.25) is 9.10 Å². The predicted octanol–water partition coefficient (Wildman–Crippen LogP) is 4.88. The summed E-state index contributed by atoms with van der Waals surface area (Å²) in [5.41, 5.74) is 1.59. The van der Waals surface area contributed by atoms with Gasteiger partial charge in [0, 0.05) is 17.1 Å². The van der Waals surface area contributed by atoms with Crippen molar-refractivity contribution in [2.75, 3.05) is 15.2 Å². The molecule has 1 aliphatic heterocycles. The number of nitriles is 1. The number of carbonyl (C=O) groups is 1. The number of H-pyrrole nitrogens is 1. The van der Waals surface area contributed by atoms with Gasteiger partial charge >= 0.3 is 10.2 Å². The van der Waals surface area contributed by atoms with Crippen LogP contribution in [0.3, 0.4) is 0 Å². The molecule has 4 aromatic rings. The lowest BCUT2D eigenvalue weighted by Crippen LogP contribution is -2.47. The summed E-state index contributed by atoms with van der Waals surface area (Å²) in [4.78, 5) is 13.8. The van der Waals surface area contributed by atoms with E-state index in [1.54, 1.807) is 36.4 Å². The Bertz CT molecular complexity index is 1690. The molecule has 0 saturated carbocycles. The smallest absolute Gasteiger partial charge is 0.333 e. The molecule has 0 bridgehead atoms. The molecule has 3 aromatic carbocycles. The Balaban J connectivity index is 1.74. The van der Waals surface area contributed by atoms with E-state index in [1.807, 2.05) is 6.07 Å². The number of hydrogen-bond acceptors (Lipinski definition) is 7. The fourth-order valence-electron chi connectivity index (χ4n) is 4.01. The summed E-state index contributed by atoms with van der Waals surface area (Å²) in [6, 6.07) is 19.1. The lowest BCUT2D eigenvalue weighted by atomic mass is 10.1. The maximum absolute atomic E-state index is 14.2. The third kappa shape index (κ3) is 4.15. The summed E-state index contributed by atoms with van der Waals surface area (Å²) in [6.07, 6.45) is 0.427. The average molecular weight is 538 g/mol. The highest BCUT2D eigenvalue weighted by Crippen LogP contribution is 2.38. The van der Waals surface area contributed by atoms with Gasteiger partial charge in [0.05, 0.1) is 28.6 Å². The summed E-state index contributed by atoms with van der Waals surface area (Å²) in [7, 11) is -4.49. The molecule has 1 amide bonds. The van der Waals surface area contributed by atoms with Gasteiger partial charge < -0.3 is 4.42 Å². The van der Waals surface area contributed by atoms with Crippen molar-refractivity contribution in [3.05, 3.63) is 93.3 Å². The number of nitrogens with one attached hydrogen (secondary N) is 1. The molecule has 1 aliphatic rings. The van der Waals surface area contributed by atoms with Crippen LogP contribution in [-0.4, -0.2) is 31.1 Å². The molecule has 0 radical (unpaired) electrons. The standard InChI is InChI=1S/C24H16ClN5O4S2/c25-18-7-9-20-17(13-18)10-11-29(20)36(32,33)30(23(31)16-4-2-1-3-5-16)21-8-6-15(14-26)12-19(21)22-27-28-24(35)34-22/h1-9,12-13H,10-11H2,(H,28,35). The Morgan fingerprint density at radius 3 is 2.64 bits per heavy atom. The molecular formula is C24H16ClN5O4S2. The number of halogens is 1. The van der Waals surface area contributed by atoms with E-state index in [2.05, 4.69) is 10.2 Å². The van der Waals surface area contributed by atoms with Gasteiger partial charge in [-0.2, -0.15) is 18.0 Å². The first-order valence-corrected chi connectivity index (χ1v) is 12.8. The van der Waals surface area contributed by atoms with Gasteiger partial charge in [0.1, 0.15) is 0 Å². The first-order chi connectivity index (χ1) is 17.3. The van der Waals surface area contributed by atoms with E-state index in [1.165, 1.54) is 34.6 Å². The van der Waals surface area contributed by atoms with E-state index in [-0.39, 0.29) is 39.7 Å². The van der Waals surface area contributed by atoms with Crippen LogP contribution < -0.4 is 8.61 Å². The largest absolute Gasteiger partial charge is 0.409 e. The summed E-state index contributed by atoms with van der Waals surface area (Å²) < 4.78 is 35.7. The van der Waals surface area contributed by atoms with Crippen molar-refractivity contribution in [1.29, 1.82) is 5.26 Å². The van der Waals surface area contributed by atoms with E-state index in [0.29, 0.717) is 21.4 Å². The fourth-order valence-corrected chi connectivity index (χ4v) is 6.00. The molecule has 5 rings (SSSR count). The maximum atomic E-state index is 14.2. The average Bonchev–Trinajstić information content (AvgIpc) is 3.51. The second-order valence-corrected chi connectivity index (χ2v) is 10.3. The molecular weight excluding hydrogens is 522 g/mol. The number of amides is 1. The Morgan fingerprint density at radius 1 is 1.17 bits per heavy atom. The number of hydrogen-bond donors (Lipinski definition) is 1. The molecule has 0 spiro atoms. The van der Waals surface area contributed by atoms with Crippen LogP contribution in [0.25, 0.3) is 11.5 Å². The molecule has 9 nitrogen and oxygen atoms in total. The summed E-state index contributed by atoms with van der Waals surface area (Å²) in [5, 5.41) is 16.4. The molecule has 1 N–H and O–H groups in total. The van der Waals surface area contributed by atoms with Crippen LogP contribution in [0, 0.1) is 16.2 Å². The van der Waals surface area contributed by atoms with Crippen molar-refractivity contribution < 1.29 is 17.6 Å². The normalized spacial score (nSPS) is 12.7. The van der Waals surface area contributed by atoms with Crippen LogP contribution in [0.5, 0.6) is 0 Å². The monoisotopic (exact) mass is 537 g/mol. The van der Waals surface area contributed by atoms with Crippen molar-refractivity contribution in [2.24, 2.45) is 0 Å². The maximum Gasteiger partial charge on any atom is 0.333 e. The minimum Gasteiger partial charge on any atom is -0.409 e. The van der Waals surface area contributed by atoms with Crippen LogP contribution in [0.1, 0.15) is 21.5 Å². The fraction of sp³-hybridized carbons (Fsp3) is 0.0833. The molecule has 0 aliphatic carbocycles. The Morgan fingerprint density at radius 2 is 1.94 bits per heavy atom. The van der Waals surface area contributed by atoms with Crippen LogP contribution >= 0.6 is 23.8 Å². The number of anilines is 2. The topological polar surface area (TPSA) is 123 Å². The zero-order valence-electron chi connectivity index (χ0n) is 18.4. The minimum absolute atomic E-state index is 0.0458. The van der Waals surface area contributed by atoms with E-state index < -0.39 is 16.1 Å². The van der Waals surface area contributed by atoms with Crippen molar-refractivity contribution in [1.82, 2.24) is 10.2 Å². The number of aromatic nitrogens is 2. The number of rotatable bonds is 5. The second kappa shape index (κ2) is 9.23. The zero-order chi connectivity index (χ0) is 25.4. The molecule has 0 fully saturated rings. The predicted molar refractivity (Wildman–Crippen MR) is 137 cm³/mol. The molecule has 0 atom stereocenters. The molecule has 36 heavy (non-hydrogen) atoms. The first-order valence-electron chi connectivity index (χ1n) is 10.6. The summed E-state index contributed by atoms with van der Waals surface area (Å²) in [6.45, 7) is 0.116. The van der Waals surface area contributed by atoms with Crippen molar-refractivity contribution in [3.8, 4) is 17.5 Å². The third-order valence-corrected chi connectivity index (χ3v) is 7.79. The van der Waals surface area contributed by atoms with Crippen LogP contribution in [-0.2, 0) is 16.6 Å². The number of nitrogens with zero attached hydrogens (tertiary/aromatic N) is 4. The van der Waals surface area contributed by atoms with E-state index in [9.17, 15) is 18.5 Å². The quantitative estimate of drug-likeness (QED) is 0.360. The minimum atomic E-state index is -4.49. The van der Waals surface area contributed by atoms with E-state index in [0.717, 1.165) is 5.56 Å². The highest BCUT2D eigenvalue weighted by Gasteiger charge is 2.40. The molecule has 1 aromatic heterocycles. The van der Waals surface area contributed by atoms with E-state index >= 15 is 0 Å². The number of fused-ring (bicyclic) bond motifs is 1. The van der Waals surface area contributed by atoms with Gasteiger partial charge in [-0.05, 0) is 72.7 Å². The molecule has 0 unspecified atom stereocenters. The van der Waals surface area contributed by atoms with Gasteiger partial charge in [0.25, 0.3) is 10.7 Å². The van der Waals surface area contributed by atoms with Crippen LogP contribution in [0.15, 0.2) is 71.1 Å². The van der Waals surface area contributed by atoms with Crippen LogP contribution in [0.2, 0.25) is 5.02 Å². The Hall–Kier alpha value is -3.98. The van der Waals surface area contributed by atoms with Gasteiger partial charge in [0.15, 0.2) is 0 Å². The molecule has 0 saturated heterocycles. The molecule has 180 valence electrons. The van der Waals surface area contributed by atoms with Gasteiger partial charge in [-0.25, -0.2) is 5.10 Å². The van der Waals surface area contributed by atoms with Crippen molar-refractivity contribution in [3.63, 3.8) is 0 Å². The zero-order valence-corrected chi connectivity index (χ0v) is 20.8. The van der Waals surface area contributed by atoms with Gasteiger partial charge in [-0.15, -0.1) is 5.10 Å². The Labute approximate surface area is 216 Å². The first kappa shape index (κ1) is 23.7. The number of benzene rings is 3. The van der Waals surface area contributed by atoms with Gasteiger partial charge in [0.2, 0.25) is 5.89 Å². The van der Waals surface area contributed by atoms with E-state index in [4.69, 9.17) is 28.2 Å². The van der Waals surface area contributed by atoms with Gasteiger partial charge in [-0.1, -0.05) is 29.8 Å². The lowest BCUT2D eigenvalue weighted by molar-refractivity contribution is 0.101. The van der Waals surface area contributed by atoms with Crippen LogP contribution in [0.4, 0.5) is 11.4 Å². The highest BCUT2D eigenvalue weighted by atomic mass is 35.5. The number of carbonyl (C=O) groups excluding carboxylic acids is 1. The number of aromatic amines is 1. The summed E-state index contributed by atoms with van der Waals surface area (Å²) >= 11 is 11.1. The SMILES string of the molecule is N#Cc1ccc(N(C(=O)c2ccccc2)S(=O)(=O)N2CCc3cc(Cl)ccc32)c(-c2n[nH]c(=S)o2)c1. The van der Waals surface area contributed by atoms with Crippen molar-refractivity contribution in [2.45, 2.75) is 6.42 Å². The molecule has 2 heterocycles. The summed E-state index contributed by atoms with van der Waals surface area (Å²) in [5.74, 6) is -0.861. The third-order valence-electron chi connectivity index (χ3n) is 5.62. The highest BCUT2D eigenvalue weighted by molar-refractivity contribution is 7.95. The molecule has 12 heteroatoms.